The number of halogens is 3. The molecule has 3 aliphatic rings. The lowest BCUT2D eigenvalue weighted by Gasteiger charge is -2.44. The topological polar surface area (TPSA) is 93.1 Å². The van der Waals surface area contributed by atoms with E-state index in [2.05, 4.69) is 5.10 Å². The minimum Gasteiger partial charge on any atom is -0.441 e. The molecular formula is C34H40F3N5O4. The Morgan fingerprint density at radius 3 is 2.41 bits per heavy atom. The van der Waals surface area contributed by atoms with Gasteiger partial charge in [0.25, 0.3) is 5.56 Å². The molecule has 3 aromatic heterocycles. The van der Waals surface area contributed by atoms with Gasteiger partial charge in [0.15, 0.2) is 6.23 Å². The molecule has 3 saturated carbocycles. The zero-order chi connectivity index (χ0) is 32.8. The normalized spacial score (nSPS) is 20.3. The maximum Gasteiger partial charge on any atom is 0.416 e. The average molecular weight is 640 g/mol. The van der Waals surface area contributed by atoms with Crippen molar-refractivity contribution in [2.45, 2.75) is 104 Å². The van der Waals surface area contributed by atoms with Crippen molar-refractivity contribution in [3.05, 3.63) is 74.7 Å². The zero-order valence-corrected chi connectivity index (χ0v) is 26.5. The van der Waals surface area contributed by atoms with Gasteiger partial charge < -0.3 is 4.74 Å². The van der Waals surface area contributed by atoms with Crippen LogP contribution in [0.2, 0.25) is 0 Å². The van der Waals surface area contributed by atoms with Crippen molar-refractivity contribution < 1.29 is 22.7 Å². The number of nitrogens with zero attached hydrogens (tertiary/aromatic N) is 5. The fourth-order valence-electron chi connectivity index (χ4n) is 7.38. The maximum atomic E-state index is 14.0. The Morgan fingerprint density at radius 2 is 1.78 bits per heavy atom. The number of esters is 1. The first-order valence-corrected chi connectivity index (χ1v) is 16.3. The van der Waals surface area contributed by atoms with Crippen LogP contribution in [0.15, 0.2) is 52.3 Å². The number of rotatable bonds is 10. The Balaban J connectivity index is 1.46. The predicted molar refractivity (Wildman–Crippen MR) is 167 cm³/mol. The summed E-state index contributed by atoms with van der Waals surface area (Å²) in [6.07, 6.45) is 4.37. The molecule has 0 N–H and O–H groups in total. The Kier molecular flexibility index (Phi) is 8.49. The summed E-state index contributed by atoms with van der Waals surface area (Å²) in [5.41, 5.74) is 0.0964. The number of alkyl halides is 3. The molecule has 4 aromatic rings. The van der Waals surface area contributed by atoms with Crippen molar-refractivity contribution in [2.75, 3.05) is 0 Å². The molecule has 1 unspecified atom stereocenters. The summed E-state index contributed by atoms with van der Waals surface area (Å²) in [7, 11) is 0. The van der Waals surface area contributed by atoms with Crippen LogP contribution in [0.25, 0.3) is 22.3 Å². The fraction of sp³-hybridized carbons (Fsp3) is 0.529. The van der Waals surface area contributed by atoms with E-state index in [-0.39, 0.29) is 24.6 Å². The second-order valence-electron chi connectivity index (χ2n) is 12.8. The molecule has 46 heavy (non-hydrogen) atoms. The molecule has 12 heteroatoms. The lowest BCUT2D eigenvalue weighted by atomic mass is 9.61. The van der Waals surface area contributed by atoms with E-state index in [9.17, 15) is 27.6 Å². The summed E-state index contributed by atoms with van der Waals surface area (Å²) in [6.45, 7) is 6.26. The number of benzene rings is 1. The second-order valence-corrected chi connectivity index (χ2v) is 12.8. The molecule has 0 radical (unpaired) electrons. The molecule has 246 valence electrons. The molecule has 0 saturated heterocycles. The summed E-state index contributed by atoms with van der Waals surface area (Å²) >= 11 is 0. The number of aryl methyl sites for hydroxylation is 1. The van der Waals surface area contributed by atoms with E-state index < -0.39 is 34.6 Å². The number of hydrogen-bond donors (Lipinski definition) is 0. The molecule has 3 aliphatic carbocycles. The van der Waals surface area contributed by atoms with Crippen LogP contribution in [-0.2, 0) is 35.3 Å². The van der Waals surface area contributed by atoms with Crippen molar-refractivity contribution in [3.8, 4) is 11.3 Å². The van der Waals surface area contributed by atoms with E-state index in [1.807, 2.05) is 20.8 Å². The molecule has 9 nitrogen and oxygen atoms in total. The average Bonchev–Trinajstić information content (AvgIpc) is 3.68. The third kappa shape index (κ3) is 5.60. The monoisotopic (exact) mass is 639 g/mol. The van der Waals surface area contributed by atoms with Gasteiger partial charge in [-0.05, 0) is 81.5 Å². The van der Waals surface area contributed by atoms with Gasteiger partial charge >= 0.3 is 17.8 Å². The van der Waals surface area contributed by atoms with E-state index in [0.29, 0.717) is 47.6 Å². The number of carbonyl (C=O) groups is 1. The Bertz CT molecular complexity index is 1860. The first-order chi connectivity index (χ1) is 22.0. The van der Waals surface area contributed by atoms with Gasteiger partial charge in [0.2, 0.25) is 0 Å². The quantitative estimate of drug-likeness (QED) is 0.179. The lowest BCUT2D eigenvalue weighted by Crippen LogP contribution is -2.43. The third-order valence-corrected chi connectivity index (χ3v) is 9.91. The minimum atomic E-state index is -4.46. The molecule has 1 aromatic carbocycles. The number of hydrogen-bond acceptors (Lipinski definition) is 5. The highest BCUT2D eigenvalue weighted by atomic mass is 19.4. The Morgan fingerprint density at radius 1 is 1.07 bits per heavy atom. The highest BCUT2D eigenvalue weighted by Gasteiger charge is 2.47. The van der Waals surface area contributed by atoms with Gasteiger partial charge in [-0.3, -0.25) is 28.0 Å². The highest BCUT2D eigenvalue weighted by molar-refractivity contribution is 5.84. The Hall–Kier alpha value is -4.09. The van der Waals surface area contributed by atoms with E-state index in [1.54, 1.807) is 33.7 Å². The van der Waals surface area contributed by atoms with Crippen LogP contribution in [0.5, 0.6) is 0 Å². The molecule has 0 amide bonds. The predicted octanol–water partition coefficient (Wildman–Crippen LogP) is 6.75. The van der Waals surface area contributed by atoms with Gasteiger partial charge in [-0.15, -0.1) is 0 Å². The summed E-state index contributed by atoms with van der Waals surface area (Å²) in [6, 6.07) is 6.85. The van der Waals surface area contributed by atoms with Crippen LogP contribution in [0.4, 0.5) is 13.2 Å². The molecule has 3 fully saturated rings. The van der Waals surface area contributed by atoms with Gasteiger partial charge in [-0.1, -0.05) is 26.0 Å². The largest absolute Gasteiger partial charge is 0.441 e. The molecule has 2 bridgehead atoms. The molecule has 0 spiro atoms. The van der Waals surface area contributed by atoms with Gasteiger partial charge in [-0.25, -0.2) is 4.79 Å². The van der Waals surface area contributed by atoms with Crippen LogP contribution in [0, 0.1) is 11.3 Å². The lowest BCUT2D eigenvalue weighted by molar-refractivity contribution is -0.173. The molecule has 0 aliphatic heterocycles. The first-order valence-electron chi connectivity index (χ1n) is 16.3. The van der Waals surface area contributed by atoms with E-state index in [4.69, 9.17) is 4.74 Å². The summed E-state index contributed by atoms with van der Waals surface area (Å²) in [5.74, 6) is 0.426. The molecule has 1 atom stereocenters. The van der Waals surface area contributed by atoms with E-state index >= 15 is 0 Å². The number of aromatic nitrogens is 5. The highest BCUT2D eigenvalue weighted by Crippen LogP contribution is 2.51. The maximum absolute atomic E-state index is 14.0. The molecule has 3 heterocycles. The van der Waals surface area contributed by atoms with E-state index in [0.717, 1.165) is 50.7 Å². The second kappa shape index (κ2) is 12.3. The SMILES string of the molecule is CCCn1c(=O)c2c(cc(-c3cnn(Cc4cccc(C(F)(F)F)c4)c3)n2C(CC)OC(=O)C23CCC(CC2)CC3)n(CC)c1=O. The number of fused-ring (bicyclic) bond motifs is 4. The standard InChI is InChI=1S/C34H40F3N5O4/c1-4-16-41-30(43)29-27(40(6-3)32(41)45)18-26(24-19-38-39(21-24)20-23-8-7-9-25(17-23)34(35,36)37)42(29)28(5-2)46-31(44)33-13-10-22(11-14-33)12-15-33/h7-9,17-19,21-22,28H,4-6,10-16,20H2,1-3H3. The first kappa shape index (κ1) is 31.9. The van der Waals surface area contributed by atoms with Crippen LogP contribution >= 0.6 is 0 Å². The zero-order valence-electron chi connectivity index (χ0n) is 26.5. The van der Waals surface area contributed by atoms with Gasteiger partial charge in [-0.2, -0.15) is 18.3 Å². The number of carbonyl (C=O) groups excluding carboxylic acids is 1. The van der Waals surface area contributed by atoms with Crippen LogP contribution in [-0.4, -0.2) is 29.5 Å². The smallest absolute Gasteiger partial charge is 0.416 e. The van der Waals surface area contributed by atoms with Crippen molar-refractivity contribution >= 4 is 17.0 Å². The third-order valence-electron chi connectivity index (χ3n) is 9.91. The van der Waals surface area contributed by atoms with Crippen molar-refractivity contribution in [1.82, 2.24) is 23.5 Å². The van der Waals surface area contributed by atoms with Gasteiger partial charge in [0.05, 0.1) is 34.9 Å². The van der Waals surface area contributed by atoms with E-state index in [1.165, 1.54) is 15.3 Å². The van der Waals surface area contributed by atoms with Crippen molar-refractivity contribution in [2.24, 2.45) is 11.3 Å². The minimum absolute atomic E-state index is 0.0861. The molecule has 7 rings (SSSR count). The Labute approximate surface area is 264 Å². The van der Waals surface area contributed by atoms with Crippen LogP contribution in [0.1, 0.15) is 89.5 Å². The van der Waals surface area contributed by atoms with Gasteiger partial charge in [0.1, 0.15) is 5.52 Å². The molecular weight excluding hydrogens is 599 g/mol. The summed E-state index contributed by atoms with van der Waals surface area (Å²) in [5, 5.41) is 4.43. The summed E-state index contributed by atoms with van der Waals surface area (Å²) < 4.78 is 52.4. The fourth-order valence-corrected chi connectivity index (χ4v) is 7.38. The number of ether oxygens (including phenoxy) is 1. The summed E-state index contributed by atoms with van der Waals surface area (Å²) in [4.78, 5) is 41.4. The van der Waals surface area contributed by atoms with Gasteiger partial charge in [0, 0.05) is 31.3 Å². The van der Waals surface area contributed by atoms with Crippen LogP contribution in [0.3, 0.4) is 0 Å². The van der Waals surface area contributed by atoms with Crippen molar-refractivity contribution in [1.29, 1.82) is 0 Å². The van der Waals surface area contributed by atoms with Crippen molar-refractivity contribution in [3.63, 3.8) is 0 Å². The van der Waals surface area contributed by atoms with Crippen LogP contribution < -0.4 is 11.2 Å².